The number of alkyl halides is 3. The molecule has 2 unspecified atom stereocenters. The molecule has 0 radical (unpaired) electrons. The monoisotopic (exact) mass is 467 g/mol. The maximum Gasteiger partial charge on any atom is 0.573 e. The summed E-state index contributed by atoms with van der Waals surface area (Å²) in [7, 11) is 0. The molecule has 0 bridgehead atoms. The molecule has 0 saturated carbocycles. The molecule has 0 aliphatic rings. The lowest BCUT2D eigenvalue weighted by atomic mass is 10.1. The summed E-state index contributed by atoms with van der Waals surface area (Å²) in [6.07, 6.45) is -1.54. The Morgan fingerprint density at radius 3 is 2.62 bits per heavy atom. The van der Waals surface area contributed by atoms with Crippen LogP contribution in [0.5, 0.6) is 5.75 Å². The average molecular weight is 468 g/mol. The summed E-state index contributed by atoms with van der Waals surface area (Å²) in [6.45, 7) is 1.70. The molecule has 2 aromatic heterocycles. The Morgan fingerprint density at radius 1 is 1.31 bits per heavy atom. The fraction of sp³-hybridized carbons (Fsp3) is 0.222. The standard InChI is InChI=1S/C18H13BrF3N5O2/c1-10(27-9-16-14(26-27)6-12(19)8-24-16)15(7-23)25-17(28)11-2-4-13(5-3-11)29-18(20,21)22/h2-6,8-10,15H,1H3,(H,25,28). The van der Waals surface area contributed by atoms with E-state index < -0.39 is 30.1 Å². The number of hydrogen-bond acceptors (Lipinski definition) is 5. The van der Waals surface area contributed by atoms with E-state index in [1.54, 1.807) is 25.4 Å². The van der Waals surface area contributed by atoms with E-state index in [0.29, 0.717) is 11.0 Å². The molecule has 11 heteroatoms. The van der Waals surface area contributed by atoms with Gasteiger partial charge in [-0.2, -0.15) is 10.4 Å². The highest BCUT2D eigenvalue weighted by atomic mass is 79.9. The van der Waals surface area contributed by atoms with E-state index in [9.17, 15) is 23.2 Å². The van der Waals surface area contributed by atoms with Gasteiger partial charge in [0.15, 0.2) is 0 Å². The number of hydrogen-bond donors (Lipinski definition) is 1. The summed E-state index contributed by atoms with van der Waals surface area (Å²) in [4.78, 5) is 16.6. The van der Waals surface area contributed by atoms with Crippen LogP contribution in [0.1, 0.15) is 23.3 Å². The van der Waals surface area contributed by atoms with E-state index in [4.69, 9.17) is 0 Å². The van der Waals surface area contributed by atoms with Gasteiger partial charge in [-0.1, -0.05) is 0 Å². The van der Waals surface area contributed by atoms with Gasteiger partial charge in [0.1, 0.15) is 22.8 Å². The lowest BCUT2D eigenvalue weighted by Crippen LogP contribution is -2.39. The van der Waals surface area contributed by atoms with E-state index in [0.717, 1.165) is 16.6 Å². The fourth-order valence-electron chi connectivity index (χ4n) is 2.55. The van der Waals surface area contributed by atoms with Gasteiger partial charge in [-0.15, -0.1) is 13.2 Å². The molecule has 1 amide bonds. The molecule has 0 aliphatic carbocycles. The normalized spacial score (nSPS) is 13.5. The number of nitrogens with zero attached hydrogens (tertiary/aromatic N) is 4. The number of nitrogens with one attached hydrogen (secondary N) is 1. The second-order valence-electron chi connectivity index (χ2n) is 6.06. The van der Waals surface area contributed by atoms with Crippen LogP contribution >= 0.6 is 15.9 Å². The second kappa shape index (κ2) is 8.08. The molecule has 3 rings (SSSR count). The van der Waals surface area contributed by atoms with Crippen LogP contribution in [-0.4, -0.2) is 33.1 Å². The predicted octanol–water partition coefficient (Wildman–Crippen LogP) is 3.98. The van der Waals surface area contributed by atoms with Crippen molar-refractivity contribution in [2.24, 2.45) is 0 Å². The first-order valence-corrected chi connectivity index (χ1v) is 9.02. The van der Waals surface area contributed by atoms with Crippen LogP contribution in [0.15, 0.2) is 47.2 Å². The highest BCUT2D eigenvalue weighted by Gasteiger charge is 2.31. The lowest BCUT2D eigenvalue weighted by molar-refractivity contribution is -0.274. The predicted molar refractivity (Wildman–Crippen MR) is 99.9 cm³/mol. The quantitative estimate of drug-likeness (QED) is 0.612. The van der Waals surface area contributed by atoms with Crippen LogP contribution in [0.4, 0.5) is 13.2 Å². The minimum atomic E-state index is -4.82. The molecule has 2 atom stereocenters. The summed E-state index contributed by atoms with van der Waals surface area (Å²) in [5, 5.41) is 16.4. The zero-order valence-electron chi connectivity index (χ0n) is 14.8. The van der Waals surface area contributed by atoms with Gasteiger partial charge in [-0.05, 0) is 53.2 Å². The van der Waals surface area contributed by atoms with Gasteiger partial charge >= 0.3 is 6.36 Å². The third-order valence-electron chi connectivity index (χ3n) is 4.02. The summed E-state index contributed by atoms with van der Waals surface area (Å²) in [5.41, 5.74) is 1.33. The number of fused-ring (bicyclic) bond motifs is 1. The minimum Gasteiger partial charge on any atom is -0.406 e. The number of rotatable bonds is 5. The summed E-state index contributed by atoms with van der Waals surface area (Å²) >= 11 is 3.31. The average Bonchev–Trinajstić information content (AvgIpc) is 3.07. The van der Waals surface area contributed by atoms with E-state index in [1.165, 1.54) is 16.8 Å². The maximum atomic E-state index is 12.4. The van der Waals surface area contributed by atoms with Crippen LogP contribution in [0.2, 0.25) is 0 Å². The van der Waals surface area contributed by atoms with Gasteiger partial charge < -0.3 is 10.1 Å². The summed E-state index contributed by atoms with van der Waals surface area (Å²) in [6, 6.07) is 6.72. The number of nitriles is 1. The van der Waals surface area contributed by atoms with Crippen molar-refractivity contribution in [3.8, 4) is 11.8 Å². The van der Waals surface area contributed by atoms with Gasteiger partial charge in [-0.3, -0.25) is 14.5 Å². The number of pyridine rings is 1. The SMILES string of the molecule is CC(C(C#N)NC(=O)c1ccc(OC(F)(F)F)cc1)n1cc2ncc(Br)cc2n1. The van der Waals surface area contributed by atoms with Gasteiger partial charge in [-0.25, -0.2) is 0 Å². The number of amides is 1. The van der Waals surface area contributed by atoms with Crippen LogP contribution in [0.3, 0.4) is 0 Å². The molecular formula is C18H13BrF3N5O2. The third kappa shape index (κ3) is 5.03. The fourth-order valence-corrected chi connectivity index (χ4v) is 2.87. The molecule has 1 aromatic carbocycles. The molecule has 0 aliphatic heterocycles. The molecule has 0 saturated heterocycles. The van der Waals surface area contributed by atoms with E-state index in [-0.39, 0.29) is 5.56 Å². The van der Waals surface area contributed by atoms with E-state index in [1.807, 2.05) is 6.07 Å². The number of carbonyl (C=O) groups excluding carboxylic acids is 1. The molecule has 1 N–H and O–H groups in total. The van der Waals surface area contributed by atoms with Crippen LogP contribution in [0.25, 0.3) is 11.0 Å². The first-order chi connectivity index (χ1) is 13.7. The first kappa shape index (κ1) is 20.6. The highest BCUT2D eigenvalue weighted by Crippen LogP contribution is 2.23. The summed E-state index contributed by atoms with van der Waals surface area (Å²) < 4.78 is 42.7. The Kier molecular flexibility index (Phi) is 5.74. The molecule has 29 heavy (non-hydrogen) atoms. The first-order valence-electron chi connectivity index (χ1n) is 8.23. The zero-order valence-corrected chi connectivity index (χ0v) is 16.4. The van der Waals surface area contributed by atoms with Crippen LogP contribution in [0, 0.1) is 11.3 Å². The Balaban J connectivity index is 1.72. The number of halogens is 4. The molecule has 150 valence electrons. The molecule has 7 nitrogen and oxygen atoms in total. The van der Waals surface area contributed by atoms with Crippen molar-refractivity contribution in [1.82, 2.24) is 20.1 Å². The van der Waals surface area contributed by atoms with Crippen molar-refractivity contribution in [2.75, 3.05) is 0 Å². The van der Waals surface area contributed by atoms with Crippen molar-refractivity contribution in [2.45, 2.75) is 25.4 Å². The summed E-state index contributed by atoms with van der Waals surface area (Å²) in [5.74, 6) is -1.05. The molecular weight excluding hydrogens is 455 g/mol. The molecule has 2 heterocycles. The highest BCUT2D eigenvalue weighted by molar-refractivity contribution is 9.10. The van der Waals surface area contributed by atoms with Crippen molar-refractivity contribution in [3.05, 3.63) is 52.8 Å². The number of benzene rings is 1. The van der Waals surface area contributed by atoms with Crippen molar-refractivity contribution in [3.63, 3.8) is 0 Å². The van der Waals surface area contributed by atoms with Crippen molar-refractivity contribution in [1.29, 1.82) is 5.26 Å². The maximum absolute atomic E-state index is 12.4. The van der Waals surface area contributed by atoms with Crippen molar-refractivity contribution >= 4 is 32.9 Å². The van der Waals surface area contributed by atoms with Gasteiger partial charge in [0.25, 0.3) is 5.91 Å². The topological polar surface area (TPSA) is 92.8 Å². The van der Waals surface area contributed by atoms with Gasteiger partial charge in [0.05, 0.1) is 18.3 Å². The third-order valence-corrected chi connectivity index (χ3v) is 4.45. The Morgan fingerprint density at radius 2 is 2.00 bits per heavy atom. The van der Waals surface area contributed by atoms with Crippen LogP contribution < -0.4 is 10.1 Å². The Labute approximate surface area is 171 Å². The zero-order chi connectivity index (χ0) is 21.2. The molecule has 3 aromatic rings. The van der Waals surface area contributed by atoms with Crippen molar-refractivity contribution < 1.29 is 22.7 Å². The van der Waals surface area contributed by atoms with Gasteiger partial charge in [0.2, 0.25) is 0 Å². The lowest BCUT2D eigenvalue weighted by Gasteiger charge is -2.19. The second-order valence-corrected chi connectivity index (χ2v) is 6.98. The largest absolute Gasteiger partial charge is 0.573 e. The van der Waals surface area contributed by atoms with Crippen LogP contribution in [-0.2, 0) is 0 Å². The van der Waals surface area contributed by atoms with E-state index >= 15 is 0 Å². The van der Waals surface area contributed by atoms with Gasteiger partial charge in [0, 0.05) is 16.2 Å². The molecule has 0 spiro atoms. The number of aromatic nitrogens is 3. The smallest absolute Gasteiger partial charge is 0.406 e. The number of ether oxygens (including phenoxy) is 1. The van der Waals surface area contributed by atoms with E-state index in [2.05, 4.69) is 36.1 Å². The Hall–Kier alpha value is -3.13. The number of carbonyl (C=O) groups is 1. The molecule has 0 fully saturated rings. The Bertz CT molecular complexity index is 1080. The minimum absolute atomic E-state index is 0.0863.